The molecule has 4 heterocycles. The van der Waals surface area contributed by atoms with Crippen LogP contribution in [0.1, 0.15) is 38.8 Å². The Morgan fingerprint density at radius 2 is 1.08 bits per heavy atom. The molecule has 71 heavy (non-hydrogen) atoms. The Morgan fingerprint density at radius 1 is 0.507 bits per heavy atom. The summed E-state index contributed by atoms with van der Waals surface area (Å²) in [5.74, 6) is 1.18. The van der Waals surface area contributed by atoms with E-state index in [9.17, 15) is 0 Å². The van der Waals surface area contributed by atoms with Crippen LogP contribution in [-0.2, 0) is 31.9 Å². The van der Waals surface area contributed by atoms with Gasteiger partial charge in [0.05, 0.1) is 22.7 Å². The minimum absolute atomic E-state index is 0. The number of hydrogen-bond acceptors (Lipinski definition) is 4. The van der Waals surface area contributed by atoms with E-state index in [4.69, 9.17) is 9.84 Å². The number of benzene rings is 9. The van der Waals surface area contributed by atoms with Crippen LogP contribution < -0.4 is 14.5 Å². The summed E-state index contributed by atoms with van der Waals surface area (Å²) >= 11 is 0. The van der Waals surface area contributed by atoms with Gasteiger partial charge in [0.2, 0.25) is 0 Å². The van der Waals surface area contributed by atoms with E-state index < -0.39 is 0 Å². The number of fused-ring (bicyclic) bond motifs is 7. The van der Waals surface area contributed by atoms with Gasteiger partial charge in [-0.3, -0.25) is 4.52 Å². The molecule has 1 aliphatic heterocycles. The average Bonchev–Trinajstić information content (AvgIpc) is 4.12. The van der Waals surface area contributed by atoms with Crippen molar-refractivity contribution in [2.45, 2.75) is 38.5 Å². The third-order valence-corrected chi connectivity index (χ3v) is 15.6. The van der Waals surface area contributed by atoms with Crippen molar-refractivity contribution in [3.63, 3.8) is 0 Å². The van der Waals surface area contributed by atoms with Gasteiger partial charge in [0.25, 0.3) is 0 Å². The Morgan fingerprint density at radius 3 is 1.76 bits per heavy atom. The number of aromatic nitrogens is 3. The van der Waals surface area contributed by atoms with E-state index in [0.717, 1.165) is 67.1 Å². The van der Waals surface area contributed by atoms with Crippen molar-refractivity contribution in [3.05, 3.63) is 230 Å². The predicted molar refractivity (Wildman–Crippen MR) is 287 cm³/mol. The number of anilines is 4. The fraction of sp³-hybridized carbons (Fsp3) is 0.0938. The quantitative estimate of drug-likeness (QED) is 0.118. The summed E-state index contributed by atoms with van der Waals surface area (Å²) in [5.41, 5.74) is 16.3. The molecule has 0 spiro atoms. The van der Waals surface area contributed by atoms with E-state index in [1.807, 2.05) is 18.2 Å². The van der Waals surface area contributed by atoms with Crippen molar-refractivity contribution >= 4 is 71.7 Å². The van der Waals surface area contributed by atoms with E-state index in [0.29, 0.717) is 11.5 Å². The maximum Gasteiger partial charge on any atom is 0.0752 e. The molecule has 2 aliphatic rings. The second-order valence-corrected chi connectivity index (χ2v) is 19.7. The molecule has 0 bridgehead atoms. The fourth-order valence-electron chi connectivity index (χ4n) is 11.5. The zero-order valence-electron chi connectivity index (χ0n) is 39.6. The van der Waals surface area contributed by atoms with Crippen molar-refractivity contribution in [1.29, 1.82) is 0 Å². The number of para-hydroxylation sites is 5. The first-order valence-corrected chi connectivity index (χ1v) is 24.0. The molecule has 346 valence electrons. The van der Waals surface area contributed by atoms with Crippen LogP contribution in [0.25, 0.3) is 76.9 Å². The van der Waals surface area contributed by atoms with Crippen molar-refractivity contribution in [2.75, 3.05) is 9.80 Å². The van der Waals surface area contributed by atoms with Crippen LogP contribution in [0, 0.1) is 18.8 Å². The molecule has 0 saturated heterocycles. The first kappa shape index (κ1) is 43.1. The van der Waals surface area contributed by atoms with E-state index in [1.54, 1.807) is 0 Å². The Bertz CT molecular complexity index is 3990. The Labute approximate surface area is 427 Å². The molecule has 0 amide bonds. The summed E-state index contributed by atoms with van der Waals surface area (Å²) in [6.45, 7) is 11.7. The second-order valence-electron chi connectivity index (χ2n) is 19.7. The molecule has 12 aromatic rings. The fourth-order valence-corrected chi connectivity index (χ4v) is 11.5. The van der Waals surface area contributed by atoms with Gasteiger partial charge in [0, 0.05) is 93.6 Å². The number of nitrogens with zero attached hydrogens (tertiary/aromatic N) is 5. The predicted octanol–water partition coefficient (Wildman–Crippen LogP) is 16.4. The Kier molecular flexibility index (Phi) is 9.76. The van der Waals surface area contributed by atoms with Crippen LogP contribution in [0.5, 0.6) is 11.5 Å². The summed E-state index contributed by atoms with van der Waals surface area (Å²) in [7, 11) is 0. The van der Waals surface area contributed by atoms with Crippen LogP contribution >= 0.6 is 0 Å². The maximum atomic E-state index is 6.79. The van der Waals surface area contributed by atoms with Gasteiger partial charge in [-0.1, -0.05) is 160 Å². The first-order valence-electron chi connectivity index (χ1n) is 24.0. The molecule has 0 saturated carbocycles. The Balaban J connectivity index is 0.00000492. The third kappa shape index (κ3) is 6.33. The van der Waals surface area contributed by atoms with Crippen molar-refractivity contribution in [1.82, 2.24) is 14.2 Å². The van der Waals surface area contributed by atoms with Gasteiger partial charge >= 0.3 is 0 Å². The first-order chi connectivity index (χ1) is 34.2. The molecule has 0 atom stereocenters. The number of hydrogen-bond donors (Lipinski definition) is 0. The molecule has 7 heteroatoms. The standard InChI is InChI=1S/C64H46N5O.Pt/c1-63(2)53-37-44(68-55-29-13-11-25-49(55)50-26-12-14-30-56(50)68)36-52-51-34-33-46(38-59(51)69-62(60(52)53)54(39-65-69)64(63,3)4)70-45-24-17-23-43(35-45)66-40-67(58-32-16-15-31-57(58)66)61-47(41-19-7-5-8-20-41)27-18-28-48(61)42-21-9-6-10-22-42;/h5-34,36-37,39-40H,1-4H3;/q-3;. The zero-order chi connectivity index (χ0) is 46.9. The normalized spacial score (nSPS) is 14.5. The topological polar surface area (TPSA) is 37.9 Å². The van der Waals surface area contributed by atoms with Gasteiger partial charge in [-0.05, 0) is 64.0 Å². The van der Waals surface area contributed by atoms with E-state index in [1.165, 1.54) is 43.7 Å². The van der Waals surface area contributed by atoms with Gasteiger partial charge in [-0.15, -0.1) is 48.1 Å². The van der Waals surface area contributed by atoms with Crippen molar-refractivity contribution < 1.29 is 25.8 Å². The molecule has 14 rings (SSSR count). The molecular formula is C64H46N5OPt-3. The minimum Gasteiger partial charge on any atom is -0.509 e. The third-order valence-electron chi connectivity index (χ3n) is 15.6. The van der Waals surface area contributed by atoms with E-state index >= 15 is 0 Å². The monoisotopic (exact) mass is 1100 g/mol. The van der Waals surface area contributed by atoms with Crippen LogP contribution in [0.2, 0.25) is 0 Å². The molecule has 1 aliphatic carbocycles. The van der Waals surface area contributed by atoms with Crippen molar-refractivity contribution in [3.8, 4) is 39.4 Å². The zero-order valence-corrected chi connectivity index (χ0v) is 41.9. The smallest absolute Gasteiger partial charge is 0.0752 e. The van der Waals surface area contributed by atoms with Gasteiger partial charge in [0.15, 0.2) is 0 Å². The van der Waals surface area contributed by atoms with Gasteiger partial charge < -0.3 is 19.1 Å². The molecule has 9 aromatic carbocycles. The molecule has 3 aromatic heterocycles. The molecule has 0 unspecified atom stereocenters. The summed E-state index contributed by atoms with van der Waals surface area (Å²) in [6.07, 6.45) is 2.08. The molecular weight excluding hydrogens is 1050 g/mol. The van der Waals surface area contributed by atoms with Gasteiger partial charge in [0.1, 0.15) is 0 Å². The van der Waals surface area contributed by atoms with E-state index in [-0.39, 0.29) is 31.9 Å². The molecule has 0 fully saturated rings. The van der Waals surface area contributed by atoms with Gasteiger partial charge in [-0.2, -0.15) is 17.2 Å². The molecule has 0 N–H and O–H groups in total. The number of pyridine rings is 1. The van der Waals surface area contributed by atoms with Crippen LogP contribution in [0.4, 0.5) is 22.7 Å². The molecule has 0 radical (unpaired) electrons. The second kappa shape index (κ2) is 16.1. The SMILES string of the molecule is CC1(C)c2cc(-n3c4ccccc4c4ccccc43)cc3c4ccc(Oc5[c-]c(N6[CH-]N(c7c(-c8ccccc8)cccc7-c7ccccc7)c7ccccc76)ccc5)[c-]c4n4ncc(c4c23)C1(C)C.[Pt]. The van der Waals surface area contributed by atoms with Crippen LogP contribution in [0.3, 0.4) is 0 Å². The average molecular weight is 1100 g/mol. The van der Waals surface area contributed by atoms with Crippen LogP contribution in [0.15, 0.2) is 200 Å². The summed E-state index contributed by atoms with van der Waals surface area (Å²) < 4.78 is 11.3. The number of ether oxygens (including phenoxy) is 1. The summed E-state index contributed by atoms with van der Waals surface area (Å²) in [4.78, 5) is 4.53. The largest absolute Gasteiger partial charge is 0.509 e. The molecule has 6 nitrogen and oxygen atoms in total. The minimum atomic E-state index is -0.223. The van der Waals surface area contributed by atoms with Crippen molar-refractivity contribution in [2.24, 2.45) is 0 Å². The summed E-state index contributed by atoms with van der Waals surface area (Å²) in [6, 6.07) is 76.4. The van der Waals surface area contributed by atoms with Gasteiger partial charge in [-0.25, -0.2) is 0 Å². The van der Waals surface area contributed by atoms with Crippen LogP contribution in [-0.4, -0.2) is 14.2 Å². The maximum absolute atomic E-state index is 6.79. The van der Waals surface area contributed by atoms with E-state index in [2.05, 4.69) is 248 Å². The Hall–Kier alpha value is -7.92. The number of rotatable bonds is 7. The summed E-state index contributed by atoms with van der Waals surface area (Å²) in [5, 5.41) is 11.1.